The topological polar surface area (TPSA) is 32.3 Å². The van der Waals surface area contributed by atoms with Crippen LogP contribution in [0, 0.1) is 5.92 Å². The number of hydrogen-bond acceptors (Lipinski definition) is 3. The summed E-state index contributed by atoms with van der Waals surface area (Å²) in [4.78, 5) is 14.0. The minimum absolute atomic E-state index is 0.0728. The van der Waals surface area contributed by atoms with Crippen molar-refractivity contribution in [2.24, 2.45) is 5.92 Å². The number of hydrogen-bond donors (Lipinski definition) is 1. The maximum absolute atomic E-state index is 12.2. The zero-order valence-corrected chi connectivity index (χ0v) is 11.9. The van der Waals surface area contributed by atoms with Crippen molar-refractivity contribution in [2.75, 3.05) is 18.6 Å². The van der Waals surface area contributed by atoms with Crippen LogP contribution in [0.15, 0.2) is 0 Å². The molecule has 1 unspecified atom stereocenters. The van der Waals surface area contributed by atoms with E-state index in [-0.39, 0.29) is 11.9 Å². The van der Waals surface area contributed by atoms with Crippen LogP contribution >= 0.6 is 24.0 Å². The van der Waals surface area contributed by atoms with Gasteiger partial charge in [-0.3, -0.25) is 9.69 Å². The van der Waals surface area contributed by atoms with Crippen LogP contribution in [0.2, 0.25) is 0 Å². The first-order valence-corrected chi connectivity index (χ1v) is 8.13. The summed E-state index contributed by atoms with van der Waals surface area (Å²) >= 11 is 7.04. The van der Waals surface area contributed by atoms with Crippen molar-refractivity contribution in [2.45, 2.75) is 38.1 Å². The van der Waals surface area contributed by atoms with E-state index in [9.17, 15) is 4.79 Å². The van der Waals surface area contributed by atoms with Gasteiger partial charge in [0, 0.05) is 6.54 Å². The quantitative estimate of drug-likeness (QED) is 0.776. The molecule has 2 fully saturated rings. The Bertz CT molecular complexity index is 303. The minimum Gasteiger partial charge on any atom is -0.350 e. The Morgan fingerprint density at radius 2 is 2.18 bits per heavy atom. The lowest BCUT2D eigenvalue weighted by atomic mass is 10.1. The molecule has 96 valence electrons. The van der Waals surface area contributed by atoms with E-state index in [1.807, 2.05) is 0 Å². The Kier molecular flexibility index (Phi) is 4.68. The summed E-state index contributed by atoms with van der Waals surface area (Å²) in [5.74, 6) is 1.86. The molecule has 0 aromatic carbocycles. The highest BCUT2D eigenvalue weighted by molar-refractivity contribution is 7.98. The molecule has 1 aliphatic carbocycles. The van der Waals surface area contributed by atoms with Crippen LogP contribution in [0.5, 0.6) is 0 Å². The molecule has 0 radical (unpaired) electrons. The van der Waals surface area contributed by atoms with Gasteiger partial charge in [0.05, 0.1) is 0 Å². The molecule has 1 N–H and O–H groups in total. The maximum atomic E-state index is 12.2. The summed E-state index contributed by atoms with van der Waals surface area (Å²) in [6.07, 6.45) is 8.06. The van der Waals surface area contributed by atoms with E-state index in [0.717, 1.165) is 18.7 Å². The molecule has 1 atom stereocenters. The van der Waals surface area contributed by atoms with Gasteiger partial charge in [-0.15, -0.1) is 0 Å². The van der Waals surface area contributed by atoms with Crippen molar-refractivity contribution in [3.05, 3.63) is 0 Å². The number of carbonyl (C=O) groups is 1. The molecule has 2 aliphatic rings. The third kappa shape index (κ3) is 3.13. The second-order valence-corrected chi connectivity index (χ2v) is 6.26. The second-order valence-electron chi connectivity index (χ2n) is 4.88. The Labute approximate surface area is 113 Å². The van der Waals surface area contributed by atoms with E-state index < -0.39 is 0 Å². The highest BCUT2D eigenvalue weighted by Gasteiger charge is 2.36. The van der Waals surface area contributed by atoms with E-state index in [1.165, 1.54) is 25.7 Å². The number of thiocarbonyl (C=S) groups is 1. The summed E-state index contributed by atoms with van der Waals surface area (Å²) in [7, 11) is 0. The van der Waals surface area contributed by atoms with E-state index in [2.05, 4.69) is 11.6 Å². The zero-order chi connectivity index (χ0) is 12.3. The number of nitrogens with one attached hydrogen (secondary N) is 1. The molecule has 1 saturated heterocycles. The monoisotopic (exact) mass is 272 g/mol. The number of carbonyl (C=O) groups excluding carboxylic acids is 1. The number of nitrogens with zero attached hydrogens (tertiary/aromatic N) is 1. The first-order chi connectivity index (χ1) is 8.22. The first-order valence-electron chi connectivity index (χ1n) is 6.33. The third-order valence-corrected chi connectivity index (χ3v) is 4.62. The van der Waals surface area contributed by atoms with Crippen molar-refractivity contribution in [1.29, 1.82) is 0 Å². The predicted molar refractivity (Wildman–Crippen MR) is 76.2 cm³/mol. The van der Waals surface area contributed by atoms with Crippen LogP contribution in [-0.2, 0) is 4.79 Å². The molecule has 1 heterocycles. The molecule has 0 aromatic rings. The summed E-state index contributed by atoms with van der Waals surface area (Å²) in [5, 5.41) is 3.80. The summed E-state index contributed by atoms with van der Waals surface area (Å²) in [5.41, 5.74) is 0. The van der Waals surface area contributed by atoms with Crippen LogP contribution in [0.3, 0.4) is 0 Å². The van der Waals surface area contributed by atoms with Gasteiger partial charge < -0.3 is 5.32 Å². The Balaban J connectivity index is 1.89. The van der Waals surface area contributed by atoms with Gasteiger partial charge in [0.1, 0.15) is 6.04 Å². The maximum Gasteiger partial charge on any atom is 0.251 e. The van der Waals surface area contributed by atoms with Gasteiger partial charge in [0.2, 0.25) is 0 Å². The van der Waals surface area contributed by atoms with E-state index in [1.54, 1.807) is 16.7 Å². The Morgan fingerprint density at radius 3 is 2.82 bits per heavy atom. The lowest BCUT2D eigenvalue weighted by molar-refractivity contribution is -0.127. The zero-order valence-electron chi connectivity index (χ0n) is 10.3. The van der Waals surface area contributed by atoms with E-state index in [4.69, 9.17) is 12.2 Å². The van der Waals surface area contributed by atoms with Gasteiger partial charge in [0.25, 0.3) is 5.91 Å². The first kappa shape index (κ1) is 13.1. The predicted octanol–water partition coefficient (Wildman–Crippen LogP) is 2.01. The molecule has 1 aliphatic heterocycles. The van der Waals surface area contributed by atoms with Crippen LogP contribution in [0.4, 0.5) is 0 Å². The van der Waals surface area contributed by atoms with Crippen LogP contribution in [0.25, 0.3) is 0 Å². The summed E-state index contributed by atoms with van der Waals surface area (Å²) in [6, 6.07) is -0.0728. The molecule has 0 bridgehead atoms. The van der Waals surface area contributed by atoms with Crippen LogP contribution < -0.4 is 5.32 Å². The van der Waals surface area contributed by atoms with Crippen molar-refractivity contribution in [3.8, 4) is 0 Å². The van der Waals surface area contributed by atoms with Crippen molar-refractivity contribution < 1.29 is 4.79 Å². The summed E-state index contributed by atoms with van der Waals surface area (Å²) < 4.78 is 0. The highest BCUT2D eigenvalue weighted by Crippen LogP contribution is 2.26. The average Bonchev–Trinajstić information content (AvgIpc) is 2.90. The molecule has 5 heteroatoms. The van der Waals surface area contributed by atoms with Gasteiger partial charge >= 0.3 is 0 Å². The van der Waals surface area contributed by atoms with Crippen LogP contribution in [0.1, 0.15) is 32.1 Å². The van der Waals surface area contributed by atoms with Gasteiger partial charge in [-0.1, -0.05) is 12.8 Å². The number of amides is 1. The van der Waals surface area contributed by atoms with Crippen LogP contribution in [-0.4, -0.2) is 40.5 Å². The normalized spacial score (nSPS) is 25.7. The molecular formula is C12H20N2OS2. The number of thioether (sulfide) groups is 1. The molecule has 3 nitrogen and oxygen atoms in total. The van der Waals surface area contributed by atoms with E-state index in [0.29, 0.717) is 11.0 Å². The molecule has 0 aromatic heterocycles. The SMILES string of the molecule is CSCCC1NC(=S)N(CC2CCCC2)C1=O. The lowest BCUT2D eigenvalue weighted by Crippen LogP contribution is -2.35. The van der Waals surface area contributed by atoms with Gasteiger partial charge in [-0.25, -0.2) is 0 Å². The standard InChI is InChI=1S/C12H20N2OS2/c1-17-7-6-10-11(15)14(12(16)13-10)8-9-4-2-3-5-9/h9-10H,2-8H2,1H3,(H,13,16). The van der Waals surface area contributed by atoms with Crippen molar-refractivity contribution >= 4 is 35.0 Å². The smallest absolute Gasteiger partial charge is 0.251 e. The van der Waals surface area contributed by atoms with E-state index >= 15 is 0 Å². The highest BCUT2D eigenvalue weighted by atomic mass is 32.2. The third-order valence-electron chi connectivity index (χ3n) is 3.63. The lowest BCUT2D eigenvalue weighted by Gasteiger charge is -2.19. The molecule has 17 heavy (non-hydrogen) atoms. The van der Waals surface area contributed by atoms with Gasteiger partial charge in [-0.2, -0.15) is 11.8 Å². The van der Waals surface area contributed by atoms with Crippen molar-refractivity contribution in [1.82, 2.24) is 10.2 Å². The largest absolute Gasteiger partial charge is 0.350 e. The Morgan fingerprint density at radius 1 is 1.47 bits per heavy atom. The molecule has 1 saturated carbocycles. The fraction of sp³-hybridized carbons (Fsp3) is 0.833. The number of rotatable bonds is 5. The van der Waals surface area contributed by atoms with Crippen molar-refractivity contribution in [3.63, 3.8) is 0 Å². The summed E-state index contributed by atoms with van der Waals surface area (Å²) in [6.45, 7) is 0.834. The molecule has 1 amide bonds. The average molecular weight is 272 g/mol. The van der Waals surface area contributed by atoms with Gasteiger partial charge in [0.15, 0.2) is 5.11 Å². The molecule has 0 spiro atoms. The fourth-order valence-electron chi connectivity index (χ4n) is 2.63. The molecular weight excluding hydrogens is 252 g/mol. The fourth-order valence-corrected chi connectivity index (χ4v) is 3.41. The minimum atomic E-state index is -0.0728. The van der Waals surface area contributed by atoms with Gasteiger partial charge in [-0.05, 0) is 49.4 Å². The second kappa shape index (κ2) is 6.05. The molecule has 2 rings (SSSR count). The Hall–Kier alpha value is -0.290.